The van der Waals surface area contributed by atoms with Crippen LogP contribution in [0.4, 0.5) is 0 Å². The van der Waals surface area contributed by atoms with Gasteiger partial charge in [0.05, 0.1) is 18.2 Å². The number of phenols is 1. The number of carbonyl (C=O) groups is 2. The molecule has 1 unspecified atom stereocenters. The molecule has 1 aliphatic rings. The van der Waals surface area contributed by atoms with Crippen LogP contribution in [-0.4, -0.2) is 40.0 Å². The first-order valence-electron chi connectivity index (χ1n) is 9.29. The molecular formula is C22H23NO5. The molecule has 2 aromatic rings. The van der Waals surface area contributed by atoms with Crippen molar-refractivity contribution < 1.29 is 24.5 Å². The first-order valence-corrected chi connectivity index (χ1v) is 9.29. The Hall–Kier alpha value is -3.28. The average molecular weight is 381 g/mol. The van der Waals surface area contributed by atoms with Crippen LogP contribution in [0, 0.1) is 0 Å². The fourth-order valence-corrected chi connectivity index (χ4v) is 3.42. The van der Waals surface area contributed by atoms with Gasteiger partial charge in [0, 0.05) is 12.1 Å². The number of carbonyl (C=O) groups excluding carboxylic acids is 2. The number of phenolic OH excluding ortho intramolecular Hbond substituents is 1. The van der Waals surface area contributed by atoms with E-state index in [9.17, 15) is 19.8 Å². The molecule has 1 fully saturated rings. The van der Waals surface area contributed by atoms with Crippen LogP contribution in [-0.2, 0) is 9.59 Å². The molecule has 1 heterocycles. The van der Waals surface area contributed by atoms with Gasteiger partial charge in [0.2, 0.25) is 0 Å². The quantitative estimate of drug-likeness (QED) is 0.453. The summed E-state index contributed by atoms with van der Waals surface area (Å²) in [5.74, 6) is -1.34. The first-order chi connectivity index (χ1) is 13.5. The van der Waals surface area contributed by atoms with Crippen molar-refractivity contribution in [3.8, 4) is 11.5 Å². The number of ketones is 1. The molecule has 28 heavy (non-hydrogen) atoms. The van der Waals surface area contributed by atoms with E-state index in [1.54, 1.807) is 49.4 Å². The molecule has 1 saturated heterocycles. The number of aliphatic hydroxyl groups excluding tert-OH is 1. The number of likely N-dealkylation sites (tertiary alicyclic amines) is 1. The maximum atomic E-state index is 12.8. The van der Waals surface area contributed by atoms with E-state index >= 15 is 0 Å². The fraction of sp³-hybridized carbons (Fsp3) is 0.273. The average Bonchev–Trinajstić information content (AvgIpc) is 2.95. The summed E-state index contributed by atoms with van der Waals surface area (Å²) >= 11 is 0. The second-order valence-corrected chi connectivity index (χ2v) is 6.52. The summed E-state index contributed by atoms with van der Waals surface area (Å²) in [7, 11) is 0. The molecule has 0 radical (unpaired) electrons. The van der Waals surface area contributed by atoms with Gasteiger partial charge in [-0.25, -0.2) is 0 Å². The molecule has 6 heteroatoms. The highest BCUT2D eigenvalue weighted by atomic mass is 16.5. The molecule has 0 spiro atoms. The summed E-state index contributed by atoms with van der Waals surface area (Å²) < 4.78 is 5.45. The van der Waals surface area contributed by atoms with Gasteiger partial charge in [0.25, 0.3) is 11.7 Å². The first kappa shape index (κ1) is 19.5. The van der Waals surface area contributed by atoms with Crippen molar-refractivity contribution in [3.05, 3.63) is 65.2 Å². The van der Waals surface area contributed by atoms with Gasteiger partial charge in [-0.3, -0.25) is 9.59 Å². The van der Waals surface area contributed by atoms with Gasteiger partial charge >= 0.3 is 0 Å². The lowest BCUT2D eigenvalue weighted by Crippen LogP contribution is -2.30. The number of benzene rings is 2. The predicted molar refractivity (Wildman–Crippen MR) is 105 cm³/mol. The fourth-order valence-electron chi connectivity index (χ4n) is 3.42. The maximum Gasteiger partial charge on any atom is 0.295 e. The van der Waals surface area contributed by atoms with Crippen LogP contribution in [0.15, 0.2) is 54.1 Å². The van der Waals surface area contributed by atoms with Crippen molar-refractivity contribution in [2.24, 2.45) is 0 Å². The number of rotatable bonds is 6. The number of ether oxygens (including phenoxy) is 1. The zero-order valence-corrected chi connectivity index (χ0v) is 15.9. The van der Waals surface area contributed by atoms with Gasteiger partial charge in [-0.15, -0.1) is 0 Å². The number of nitrogens with zero attached hydrogens (tertiary/aromatic N) is 1. The van der Waals surface area contributed by atoms with Crippen molar-refractivity contribution >= 4 is 17.4 Å². The van der Waals surface area contributed by atoms with E-state index in [-0.39, 0.29) is 22.8 Å². The lowest BCUT2D eigenvalue weighted by atomic mass is 9.95. The Morgan fingerprint density at radius 3 is 2.46 bits per heavy atom. The third-order valence-corrected chi connectivity index (χ3v) is 4.65. The molecule has 0 saturated carbocycles. The third kappa shape index (κ3) is 3.45. The summed E-state index contributed by atoms with van der Waals surface area (Å²) in [6.07, 6.45) is 0.658. The van der Waals surface area contributed by atoms with Gasteiger partial charge in [-0.2, -0.15) is 0 Å². The second kappa shape index (κ2) is 8.17. The largest absolute Gasteiger partial charge is 0.507 e. The summed E-state index contributed by atoms with van der Waals surface area (Å²) in [5.41, 5.74) is 1.09. The van der Waals surface area contributed by atoms with Crippen LogP contribution in [0.5, 0.6) is 11.5 Å². The number of hydrogen-bond donors (Lipinski definition) is 2. The molecule has 1 amide bonds. The normalized spacial score (nSPS) is 18.5. The molecule has 2 aromatic carbocycles. The minimum atomic E-state index is -0.750. The van der Waals surface area contributed by atoms with Gasteiger partial charge in [-0.1, -0.05) is 43.3 Å². The van der Waals surface area contributed by atoms with Crippen LogP contribution in [0.1, 0.15) is 37.4 Å². The van der Waals surface area contributed by atoms with E-state index in [0.717, 1.165) is 0 Å². The van der Waals surface area contributed by atoms with Crippen LogP contribution in [0.3, 0.4) is 0 Å². The van der Waals surface area contributed by atoms with E-state index in [4.69, 9.17) is 4.74 Å². The Morgan fingerprint density at radius 1 is 1.11 bits per heavy atom. The molecule has 6 nitrogen and oxygen atoms in total. The summed E-state index contributed by atoms with van der Waals surface area (Å²) in [4.78, 5) is 26.9. The molecule has 0 aliphatic carbocycles. The SMILES string of the molecule is CCCN1C(=O)C(=O)/C(=C(\O)c2ccccc2)C1c1ccc(O)c(OCC)c1. The minimum absolute atomic E-state index is 0.0268. The van der Waals surface area contributed by atoms with E-state index in [1.807, 2.05) is 6.92 Å². The zero-order valence-electron chi connectivity index (χ0n) is 15.9. The molecular weight excluding hydrogens is 358 g/mol. The van der Waals surface area contributed by atoms with Gasteiger partial charge < -0.3 is 19.8 Å². The van der Waals surface area contributed by atoms with E-state index in [0.29, 0.717) is 30.7 Å². The molecule has 3 rings (SSSR count). The minimum Gasteiger partial charge on any atom is -0.507 e. The summed E-state index contributed by atoms with van der Waals surface area (Å²) in [5, 5.41) is 20.9. The lowest BCUT2D eigenvalue weighted by Gasteiger charge is -2.25. The van der Waals surface area contributed by atoms with Crippen molar-refractivity contribution in [2.45, 2.75) is 26.3 Å². The smallest absolute Gasteiger partial charge is 0.295 e. The van der Waals surface area contributed by atoms with Crippen LogP contribution < -0.4 is 4.74 Å². The maximum absolute atomic E-state index is 12.8. The Bertz CT molecular complexity index is 920. The highest BCUT2D eigenvalue weighted by Gasteiger charge is 2.45. The van der Waals surface area contributed by atoms with Crippen LogP contribution in [0.2, 0.25) is 0 Å². The molecule has 2 N–H and O–H groups in total. The topological polar surface area (TPSA) is 87.1 Å². The highest BCUT2D eigenvalue weighted by Crippen LogP contribution is 2.41. The van der Waals surface area contributed by atoms with E-state index in [2.05, 4.69) is 0 Å². The second-order valence-electron chi connectivity index (χ2n) is 6.52. The van der Waals surface area contributed by atoms with Crippen LogP contribution >= 0.6 is 0 Å². The van der Waals surface area contributed by atoms with Gasteiger partial charge in [0.1, 0.15) is 5.76 Å². The van der Waals surface area contributed by atoms with Crippen molar-refractivity contribution in [1.29, 1.82) is 0 Å². The Labute approximate surface area is 163 Å². The van der Waals surface area contributed by atoms with E-state index in [1.165, 1.54) is 11.0 Å². The zero-order chi connectivity index (χ0) is 20.3. The Morgan fingerprint density at radius 2 is 1.82 bits per heavy atom. The number of amides is 1. The van der Waals surface area contributed by atoms with Gasteiger partial charge in [0.15, 0.2) is 11.5 Å². The number of hydrogen-bond acceptors (Lipinski definition) is 5. The Balaban J connectivity index is 2.19. The van der Waals surface area contributed by atoms with Crippen molar-refractivity contribution in [1.82, 2.24) is 4.90 Å². The third-order valence-electron chi connectivity index (χ3n) is 4.65. The number of aromatic hydroxyl groups is 1. The standard InChI is InChI=1S/C22H23NO5/c1-3-12-23-19(15-10-11-16(24)17(13-15)28-4-2)18(21(26)22(23)27)20(25)14-8-6-5-7-9-14/h5-11,13,19,24-25H,3-4,12H2,1-2H3/b20-18-. The van der Waals surface area contributed by atoms with Crippen molar-refractivity contribution in [3.63, 3.8) is 0 Å². The highest BCUT2D eigenvalue weighted by molar-refractivity contribution is 6.46. The number of aliphatic hydroxyl groups is 1. The molecule has 0 aromatic heterocycles. The lowest BCUT2D eigenvalue weighted by molar-refractivity contribution is -0.139. The van der Waals surface area contributed by atoms with E-state index < -0.39 is 17.7 Å². The molecule has 1 atom stereocenters. The number of Topliss-reactive ketones (excluding diaryl/α,β-unsaturated/α-hetero) is 1. The van der Waals surface area contributed by atoms with Crippen LogP contribution in [0.25, 0.3) is 5.76 Å². The van der Waals surface area contributed by atoms with Crippen molar-refractivity contribution in [2.75, 3.05) is 13.2 Å². The summed E-state index contributed by atoms with van der Waals surface area (Å²) in [6, 6.07) is 12.6. The predicted octanol–water partition coefficient (Wildman–Crippen LogP) is 3.62. The summed E-state index contributed by atoms with van der Waals surface area (Å²) in [6.45, 7) is 4.43. The molecule has 1 aliphatic heterocycles. The van der Waals surface area contributed by atoms with Gasteiger partial charge in [-0.05, 0) is 31.0 Å². The molecule has 146 valence electrons. The monoisotopic (exact) mass is 381 g/mol. The molecule has 0 bridgehead atoms. The Kier molecular flexibility index (Phi) is 5.68.